The molecule has 2 aromatic carbocycles. The number of carbonyl (C=O) groups excluding carboxylic acids is 1. The maximum atomic E-state index is 14.0. The summed E-state index contributed by atoms with van der Waals surface area (Å²) in [6, 6.07) is 7.39. The van der Waals surface area contributed by atoms with E-state index in [2.05, 4.69) is 10.3 Å². The van der Waals surface area contributed by atoms with Crippen LogP contribution in [-0.4, -0.2) is 29.1 Å². The summed E-state index contributed by atoms with van der Waals surface area (Å²) in [6.45, 7) is 4.15. The van der Waals surface area contributed by atoms with Crippen LogP contribution >= 0.6 is 0 Å². The highest BCUT2D eigenvalue weighted by Gasteiger charge is 2.32. The molecule has 4 rings (SSSR count). The molecule has 0 fully saturated rings. The number of carbonyl (C=O) groups is 1. The van der Waals surface area contributed by atoms with E-state index < -0.39 is 17.9 Å². The molecule has 156 valence electrons. The first-order valence-corrected chi connectivity index (χ1v) is 9.65. The number of hydrogen-bond acceptors (Lipinski definition) is 3. The highest BCUT2D eigenvalue weighted by molar-refractivity contribution is 5.91. The van der Waals surface area contributed by atoms with Gasteiger partial charge in [0.15, 0.2) is 0 Å². The Hall–Kier alpha value is -3.26. The number of aryl methyl sites for hydroxylation is 1. The van der Waals surface area contributed by atoms with Crippen molar-refractivity contribution in [1.82, 2.24) is 9.88 Å². The fraction of sp³-hybridized carbons (Fsp3) is 0.273. The van der Waals surface area contributed by atoms with Crippen LogP contribution < -0.4 is 10.9 Å². The van der Waals surface area contributed by atoms with Crippen molar-refractivity contribution in [3.8, 4) is 0 Å². The van der Waals surface area contributed by atoms with Gasteiger partial charge in [-0.05, 0) is 61.2 Å². The van der Waals surface area contributed by atoms with Crippen LogP contribution in [0.25, 0.3) is 10.8 Å². The van der Waals surface area contributed by atoms with Gasteiger partial charge < -0.3 is 19.9 Å². The standard InChI is InChI=1S/C22H21F2N3O3/c1-3-27(22(29)25-14-5-7-17(24)12(2)8-14)19-11-30-10-18-20(19)16-9-13(23)4-6-15(16)21(28)26-18/h4-9,19H,3,10-11H2,1-2H3,(H,25,29)(H,26,28). The van der Waals surface area contributed by atoms with Gasteiger partial charge in [-0.25, -0.2) is 13.6 Å². The van der Waals surface area contributed by atoms with Crippen molar-refractivity contribution >= 4 is 22.5 Å². The second-order valence-corrected chi connectivity index (χ2v) is 7.25. The highest BCUT2D eigenvalue weighted by atomic mass is 19.1. The van der Waals surface area contributed by atoms with Crippen LogP contribution in [0.2, 0.25) is 0 Å². The Morgan fingerprint density at radius 2 is 2.03 bits per heavy atom. The molecule has 3 aromatic rings. The minimum atomic E-state index is -0.526. The number of rotatable bonds is 3. The van der Waals surface area contributed by atoms with Crippen LogP contribution in [0.15, 0.2) is 41.2 Å². The molecule has 2 heterocycles. The third-order valence-electron chi connectivity index (χ3n) is 5.35. The number of pyridine rings is 1. The molecule has 1 aliphatic heterocycles. The van der Waals surface area contributed by atoms with Crippen LogP contribution in [0.3, 0.4) is 0 Å². The summed E-state index contributed by atoms with van der Waals surface area (Å²) < 4.78 is 33.2. The third-order valence-corrected chi connectivity index (χ3v) is 5.35. The topological polar surface area (TPSA) is 74.4 Å². The minimum Gasteiger partial charge on any atom is -0.373 e. The van der Waals surface area contributed by atoms with Gasteiger partial charge in [-0.3, -0.25) is 4.79 Å². The van der Waals surface area contributed by atoms with E-state index in [-0.39, 0.29) is 24.6 Å². The number of hydrogen-bond donors (Lipinski definition) is 2. The molecule has 1 atom stereocenters. The van der Waals surface area contributed by atoms with Crippen LogP contribution in [0, 0.1) is 18.6 Å². The van der Waals surface area contributed by atoms with Gasteiger partial charge in [-0.15, -0.1) is 0 Å². The van der Waals surface area contributed by atoms with E-state index >= 15 is 0 Å². The molecular weight excluding hydrogens is 392 g/mol. The van der Waals surface area contributed by atoms with Crippen LogP contribution in [0.4, 0.5) is 19.3 Å². The number of nitrogens with zero attached hydrogens (tertiary/aromatic N) is 1. The molecule has 0 radical (unpaired) electrons. The molecule has 30 heavy (non-hydrogen) atoms. The van der Waals surface area contributed by atoms with Gasteiger partial charge in [-0.2, -0.15) is 0 Å². The smallest absolute Gasteiger partial charge is 0.322 e. The lowest BCUT2D eigenvalue weighted by molar-refractivity contribution is 0.0471. The van der Waals surface area contributed by atoms with Crippen molar-refractivity contribution in [2.75, 3.05) is 18.5 Å². The minimum absolute atomic E-state index is 0.170. The molecule has 0 spiro atoms. The van der Waals surface area contributed by atoms with Gasteiger partial charge >= 0.3 is 6.03 Å². The molecule has 1 aliphatic rings. The van der Waals surface area contributed by atoms with Crippen molar-refractivity contribution in [3.05, 3.63) is 75.2 Å². The molecule has 0 aliphatic carbocycles. The van der Waals surface area contributed by atoms with Gasteiger partial charge in [0.05, 0.1) is 19.3 Å². The van der Waals surface area contributed by atoms with E-state index in [0.717, 1.165) is 0 Å². The fourth-order valence-electron chi connectivity index (χ4n) is 3.89. The second kappa shape index (κ2) is 7.87. The summed E-state index contributed by atoms with van der Waals surface area (Å²) in [5.74, 6) is -0.817. The molecule has 0 bridgehead atoms. The Labute approximate surface area is 171 Å². The average molecular weight is 413 g/mol. The van der Waals surface area contributed by atoms with Crippen molar-refractivity contribution in [2.45, 2.75) is 26.5 Å². The summed E-state index contributed by atoms with van der Waals surface area (Å²) in [4.78, 5) is 29.8. The number of amides is 2. The van der Waals surface area contributed by atoms with E-state index in [1.54, 1.807) is 17.9 Å². The molecule has 0 saturated carbocycles. The third kappa shape index (κ3) is 3.54. The predicted molar refractivity (Wildman–Crippen MR) is 109 cm³/mol. The Bertz CT molecular complexity index is 1190. The summed E-state index contributed by atoms with van der Waals surface area (Å²) in [7, 11) is 0. The van der Waals surface area contributed by atoms with Gasteiger partial charge in [0.25, 0.3) is 5.56 Å². The molecular formula is C22H21F2N3O3. The SMILES string of the molecule is CCN(C(=O)Nc1ccc(F)c(C)c1)C1COCc2[nH]c(=O)c3ccc(F)cc3c21. The number of fused-ring (bicyclic) bond motifs is 3. The number of halogens is 2. The number of ether oxygens (including phenoxy) is 1. The summed E-state index contributed by atoms with van der Waals surface area (Å²) in [5, 5.41) is 3.60. The van der Waals surface area contributed by atoms with E-state index in [0.29, 0.717) is 39.8 Å². The lowest BCUT2D eigenvalue weighted by Crippen LogP contribution is -2.42. The first-order valence-electron chi connectivity index (χ1n) is 9.65. The maximum Gasteiger partial charge on any atom is 0.322 e. The maximum absolute atomic E-state index is 14.0. The number of nitrogens with one attached hydrogen (secondary N) is 2. The average Bonchev–Trinajstić information content (AvgIpc) is 2.71. The van der Waals surface area contributed by atoms with Crippen molar-refractivity contribution < 1.29 is 18.3 Å². The Morgan fingerprint density at radius 3 is 2.77 bits per heavy atom. The first kappa shape index (κ1) is 20.0. The Balaban J connectivity index is 1.75. The van der Waals surface area contributed by atoms with Crippen LogP contribution in [-0.2, 0) is 11.3 Å². The number of H-pyrrole nitrogens is 1. The zero-order valence-corrected chi connectivity index (χ0v) is 16.6. The van der Waals surface area contributed by atoms with Crippen molar-refractivity contribution in [1.29, 1.82) is 0 Å². The van der Waals surface area contributed by atoms with Crippen molar-refractivity contribution in [2.24, 2.45) is 0 Å². The second-order valence-electron chi connectivity index (χ2n) is 7.25. The Kier molecular flexibility index (Phi) is 5.26. The normalized spacial score (nSPS) is 15.7. The largest absolute Gasteiger partial charge is 0.373 e. The van der Waals surface area contributed by atoms with Gasteiger partial charge in [0.1, 0.15) is 11.6 Å². The number of aromatic nitrogens is 1. The van der Waals surface area contributed by atoms with E-state index in [9.17, 15) is 18.4 Å². The van der Waals surface area contributed by atoms with E-state index in [4.69, 9.17) is 4.74 Å². The molecule has 8 heteroatoms. The van der Waals surface area contributed by atoms with Gasteiger partial charge in [0, 0.05) is 28.9 Å². The summed E-state index contributed by atoms with van der Waals surface area (Å²) >= 11 is 0. The lowest BCUT2D eigenvalue weighted by atomic mass is 9.95. The van der Waals surface area contributed by atoms with E-state index in [1.165, 1.54) is 30.3 Å². The van der Waals surface area contributed by atoms with E-state index in [1.807, 2.05) is 6.92 Å². The first-order chi connectivity index (χ1) is 14.4. The van der Waals surface area contributed by atoms with Crippen LogP contribution in [0.5, 0.6) is 0 Å². The van der Waals surface area contributed by atoms with Gasteiger partial charge in [0.2, 0.25) is 0 Å². The number of likely N-dealkylation sites (N-methyl/N-ethyl adjacent to an activating group) is 1. The number of anilines is 1. The van der Waals surface area contributed by atoms with Crippen LogP contribution in [0.1, 0.15) is 29.8 Å². The molecule has 2 N–H and O–H groups in total. The quantitative estimate of drug-likeness (QED) is 0.675. The molecule has 6 nitrogen and oxygen atoms in total. The Morgan fingerprint density at radius 1 is 1.23 bits per heavy atom. The highest BCUT2D eigenvalue weighted by Crippen LogP contribution is 2.34. The fourth-order valence-corrected chi connectivity index (χ4v) is 3.89. The molecule has 1 aromatic heterocycles. The number of benzene rings is 2. The predicted octanol–water partition coefficient (Wildman–Crippen LogP) is 4.24. The van der Waals surface area contributed by atoms with Gasteiger partial charge in [-0.1, -0.05) is 0 Å². The molecule has 0 saturated heterocycles. The number of aromatic amines is 1. The molecule has 1 unspecified atom stereocenters. The lowest BCUT2D eigenvalue weighted by Gasteiger charge is -2.35. The zero-order valence-electron chi connectivity index (χ0n) is 16.6. The van der Waals surface area contributed by atoms with Crippen molar-refractivity contribution in [3.63, 3.8) is 0 Å². The number of urea groups is 1. The monoisotopic (exact) mass is 413 g/mol. The zero-order chi connectivity index (χ0) is 21.4. The molecule has 2 amide bonds. The summed E-state index contributed by atoms with van der Waals surface area (Å²) in [5.41, 5.74) is 1.75. The summed E-state index contributed by atoms with van der Waals surface area (Å²) in [6.07, 6.45) is 0.